The first-order valence-corrected chi connectivity index (χ1v) is 6.93. The Kier molecular flexibility index (Phi) is 4.06. The second kappa shape index (κ2) is 5.56. The maximum absolute atomic E-state index is 13.3. The summed E-state index contributed by atoms with van der Waals surface area (Å²) in [7, 11) is 0. The minimum atomic E-state index is -0.549. The van der Waals surface area contributed by atoms with Crippen molar-refractivity contribution in [2.75, 3.05) is 17.6 Å². The largest absolute Gasteiger partial charge is 0.378 e. The van der Waals surface area contributed by atoms with Gasteiger partial charge >= 0.3 is 0 Å². The van der Waals surface area contributed by atoms with E-state index in [2.05, 4.69) is 5.32 Å². The Morgan fingerprint density at radius 1 is 1.61 bits per heavy atom. The lowest BCUT2D eigenvalue weighted by Crippen LogP contribution is -2.14. The summed E-state index contributed by atoms with van der Waals surface area (Å²) in [6, 6.07) is 2.49. The van der Waals surface area contributed by atoms with E-state index in [-0.39, 0.29) is 5.69 Å². The molecule has 1 aliphatic rings. The van der Waals surface area contributed by atoms with Crippen LogP contribution in [0.1, 0.15) is 18.4 Å². The van der Waals surface area contributed by atoms with Gasteiger partial charge in [-0.2, -0.15) is 11.8 Å². The fourth-order valence-electron chi connectivity index (χ4n) is 1.99. The molecule has 0 amide bonds. The Morgan fingerprint density at radius 3 is 3.00 bits per heavy atom. The maximum atomic E-state index is 13.3. The highest BCUT2D eigenvalue weighted by atomic mass is 32.2. The van der Waals surface area contributed by atoms with Gasteiger partial charge in [-0.3, -0.25) is 10.1 Å². The average Bonchev–Trinajstić information content (AvgIpc) is 2.83. The number of hydrogen-bond donors (Lipinski definition) is 1. The van der Waals surface area contributed by atoms with E-state index in [4.69, 9.17) is 0 Å². The van der Waals surface area contributed by atoms with Crippen molar-refractivity contribution in [3.05, 3.63) is 33.6 Å². The first-order valence-electron chi connectivity index (χ1n) is 5.88. The van der Waals surface area contributed by atoms with Gasteiger partial charge in [0, 0.05) is 11.8 Å². The van der Waals surface area contributed by atoms with Crippen LogP contribution < -0.4 is 5.32 Å². The summed E-state index contributed by atoms with van der Waals surface area (Å²) in [6.45, 7) is 2.30. The van der Waals surface area contributed by atoms with E-state index in [9.17, 15) is 14.5 Å². The molecule has 1 aromatic rings. The van der Waals surface area contributed by atoms with Crippen LogP contribution in [-0.2, 0) is 0 Å². The third-order valence-corrected chi connectivity index (χ3v) is 4.42. The molecule has 0 aromatic heterocycles. The van der Waals surface area contributed by atoms with Crippen LogP contribution in [0.15, 0.2) is 12.1 Å². The van der Waals surface area contributed by atoms with Crippen LogP contribution in [0.2, 0.25) is 0 Å². The van der Waals surface area contributed by atoms with Crippen molar-refractivity contribution in [2.24, 2.45) is 0 Å². The Morgan fingerprint density at radius 2 is 2.39 bits per heavy atom. The minimum Gasteiger partial charge on any atom is -0.378 e. The maximum Gasteiger partial charge on any atom is 0.295 e. The number of rotatable bonds is 4. The molecule has 2 rings (SSSR count). The lowest BCUT2D eigenvalue weighted by atomic mass is 10.1. The van der Waals surface area contributed by atoms with Gasteiger partial charge in [0.1, 0.15) is 11.5 Å². The molecule has 1 aromatic carbocycles. The van der Waals surface area contributed by atoms with E-state index in [0.717, 1.165) is 18.2 Å². The molecule has 1 atom stereocenters. The number of benzene rings is 1. The van der Waals surface area contributed by atoms with Crippen LogP contribution in [0.4, 0.5) is 15.8 Å². The van der Waals surface area contributed by atoms with Crippen LogP contribution in [0, 0.1) is 22.9 Å². The van der Waals surface area contributed by atoms with Gasteiger partial charge in [-0.05, 0) is 37.1 Å². The van der Waals surface area contributed by atoms with Gasteiger partial charge in [-0.15, -0.1) is 0 Å². The third kappa shape index (κ3) is 2.93. The number of nitro groups is 1. The van der Waals surface area contributed by atoms with E-state index in [1.54, 1.807) is 6.92 Å². The number of nitrogens with zero attached hydrogens (tertiary/aromatic N) is 1. The molecule has 98 valence electrons. The molecule has 18 heavy (non-hydrogen) atoms. The summed E-state index contributed by atoms with van der Waals surface area (Å²) in [5.74, 6) is 0.610. The molecule has 0 bridgehead atoms. The van der Waals surface area contributed by atoms with Crippen molar-refractivity contribution in [3.8, 4) is 0 Å². The standard InChI is InChI=1S/C12H15FN2O2S/c1-8-5-11(12(15(16)17)6-10(8)13)14-7-9-3-2-4-18-9/h5-6,9,14H,2-4,7H2,1H3. The van der Waals surface area contributed by atoms with Crippen LogP contribution >= 0.6 is 11.8 Å². The van der Waals surface area contributed by atoms with Crippen LogP contribution in [0.25, 0.3) is 0 Å². The predicted molar refractivity (Wildman–Crippen MR) is 71.8 cm³/mol. The molecule has 1 aliphatic heterocycles. The zero-order valence-corrected chi connectivity index (χ0v) is 10.9. The Balaban J connectivity index is 2.14. The highest BCUT2D eigenvalue weighted by Crippen LogP contribution is 2.30. The van der Waals surface area contributed by atoms with Gasteiger partial charge in [-0.1, -0.05) is 0 Å². The number of thioether (sulfide) groups is 1. The molecule has 6 heteroatoms. The average molecular weight is 270 g/mol. The molecule has 0 aliphatic carbocycles. The van der Waals surface area contributed by atoms with Crippen molar-refractivity contribution in [2.45, 2.75) is 25.0 Å². The molecular formula is C12H15FN2O2S. The van der Waals surface area contributed by atoms with Gasteiger partial charge in [0.25, 0.3) is 5.69 Å². The topological polar surface area (TPSA) is 55.2 Å². The van der Waals surface area contributed by atoms with Gasteiger partial charge < -0.3 is 5.32 Å². The third-order valence-electron chi connectivity index (χ3n) is 3.02. The Bertz CT molecular complexity index is 462. The molecule has 0 spiro atoms. The number of nitro benzene ring substituents is 1. The Hall–Kier alpha value is -1.30. The number of aryl methyl sites for hydroxylation is 1. The van der Waals surface area contributed by atoms with Crippen molar-refractivity contribution in [1.82, 2.24) is 0 Å². The molecule has 4 nitrogen and oxygen atoms in total. The molecule has 1 heterocycles. The second-order valence-corrected chi connectivity index (χ2v) is 5.80. The molecule has 0 saturated carbocycles. The number of anilines is 1. The highest BCUT2D eigenvalue weighted by molar-refractivity contribution is 8.00. The fourth-order valence-corrected chi connectivity index (χ4v) is 3.19. The van der Waals surface area contributed by atoms with Gasteiger partial charge in [0.15, 0.2) is 0 Å². The highest BCUT2D eigenvalue weighted by Gasteiger charge is 2.20. The number of nitrogens with one attached hydrogen (secondary N) is 1. The van der Waals surface area contributed by atoms with E-state index in [1.807, 2.05) is 11.8 Å². The van der Waals surface area contributed by atoms with Gasteiger partial charge in [0.05, 0.1) is 11.0 Å². The number of halogens is 1. The minimum absolute atomic E-state index is 0.193. The van der Waals surface area contributed by atoms with E-state index < -0.39 is 10.7 Å². The lowest BCUT2D eigenvalue weighted by Gasteiger charge is -2.12. The summed E-state index contributed by atoms with van der Waals surface area (Å²) in [6.07, 6.45) is 2.33. The molecular weight excluding hydrogens is 255 g/mol. The van der Waals surface area contributed by atoms with Crippen molar-refractivity contribution < 1.29 is 9.31 Å². The summed E-state index contributed by atoms with van der Waals surface area (Å²) in [5, 5.41) is 14.4. The monoisotopic (exact) mass is 270 g/mol. The molecule has 1 N–H and O–H groups in total. The van der Waals surface area contributed by atoms with Gasteiger partial charge in [-0.25, -0.2) is 4.39 Å². The van der Waals surface area contributed by atoms with Crippen LogP contribution in [0.5, 0.6) is 0 Å². The summed E-state index contributed by atoms with van der Waals surface area (Å²) in [5.41, 5.74) is 0.634. The summed E-state index contributed by atoms with van der Waals surface area (Å²) >= 11 is 1.88. The van der Waals surface area contributed by atoms with E-state index in [0.29, 0.717) is 23.0 Å². The van der Waals surface area contributed by atoms with Crippen molar-refractivity contribution >= 4 is 23.1 Å². The van der Waals surface area contributed by atoms with E-state index in [1.165, 1.54) is 12.5 Å². The van der Waals surface area contributed by atoms with Crippen molar-refractivity contribution in [1.29, 1.82) is 0 Å². The summed E-state index contributed by atoms with van der Waals surface area (Å²) in [4.78, 5) is 10.3. The smallest absolute Gasteiger partial charge is 0.295 e. The quantitative estimate of drug-likeness (QED) is 0.673. The first-order chi connectivity index (χ1) is 8.58. The molecule has 0 radical (unpaired) electrons. The normalized spacial score (nSPS) is 18.9. The van der Waals surface area contributed by atoms with Crippen LogP contribution in [0.3, 0.4) is 0 Å². The fraction of sp³-hybridized carbons (Fsp3) is 0.500. The van der Waals surface area contributed by atoms with E-state index >= 15 is 0 Å². The first kappa shape index (κ1) is 13.1. The summed E-state index contributed by atoms with van der Waals surface area (Å²) < 4.78 is 13.3. The van der Waals surface area contributed by atoms with Gasteiger partial charge in [0.2, 0.25) is 0 Å². The zero-order chi connectivity index (χ0) is 13.1. The lowest BCUT2D eigenvalue weighted by molar-refractivity contribution is -0.384. The molecule has 1 fully saturated rings. The SMILES string of the molecule is Cc1cc(NCC2CCCS2)c([N+](=O)[O-])cc1F. The second-order valence-electron chi connectivity index (χ2n) is 4.39. The van der Waals surface area contributed by atoms with Crippen molar-refractivity contribution in [3.63, 3.8) is 0 Å². The van der Waals surface area contributed by atoms with Crippen LogP contribution in [-0.4, -0.2) is 22.5 Å². The molecule has 1 unspecified atom stereocenters. The Labute approximate surface area is 109 Å². The molecule has 1 saturated heterocycles. The predicted octanol–water partition coefficient (Wildman–Crippen LogP) is 3.35. The number of hydrogen-bond acceptors (Lipinski definition) is 4. The zero-order valence-electron chi connectivity index (χ0n) is 10.1.